The Morgan fingerprint density at radius 2 is 1.79 bits per heavy atom. The molecule has 2 aromatic rings. The van der Waals surface area contributed by atoms with Crippen molar-refractivity contribution < 1.29 is 14.7 Å². The van der Waals surface area contributed by atoms with Crippen LogP contribution in [0.3, 0.4) is 0 Å². The molecule has 1 heterocycles. The molecule has 4 heteroatoms. The molecular weight excluding hydrogens is 302 g/mol. The second-order valence-electron chi connectivity index (χ2n) is 5.89. The van der Waals surface area contributed by atoms with E-state index in [1.807, 2.05) is 43.3 Å². The first-order chi connectivity index (χ1) is 11.5. The Morgan fingerprint density at radius 3 is 2.50 bits per heavy atom. The zero-order valence-corrected chi connectivity index (χ0v) is 13.5. The van der Waals surface area contributed by atoms with Gasteiger partial charge in [-0.15, -0.1) is 0 Å². The molecule has 0 aromatic heterocycles. The molecule has 1 atom stereocenters. The van der Waals surface area contributed by atoms with Crippen LogP contribution in [0.5, 0.6) is 0 Å². The Kier molecular flexibility index (Phi) is 4.32. The third kappa shape index (κ3) is 2.88. The molecule has 4 nitrogen and oxygen atoms in total. The summed E-state index contributed by atoms with van der Waals surface area (Å²) in [6, 6.07) is 16.4. The van der Waals surface area contributed by atoms with Gasteiger partial charge in [-0.1, -0.05) is 55.5 Å². The summed E-state index contributed by atoms with van der Waals surface area (Å²) in [6.07, 6.45) is 2.08. The lowest BCUT2D eigenvalue weighted by molar-refractivity contribution is -0.138. The SMILES string of the molecule is CC/C(=C\c1ccccc1)C(=O)CC1(O)C(=O)Nc2ccccc21. The smallest absolute Gasteiger partial charge is 0.261 e. The van der Waals surface area contributed by atoms with Gasteiger partial charge in [0.15, 0.2) is 11.4 Å². The van der Waals surface area contributed by atoms with Crippen molar-refractivity contribution in [2.45, 2.75) is 25.4 Å². The van der Waals surface area contributed by atoms with Crippen LogP contribution in [-0.4, -0.2) is 16.8 Å². The summed E-state index contributed by atoms with van der Waals surface area (Å²) >= 11 is 0. The van der Waals surface area contributed by atoms with E-state index in [1.165, 1.54) is 0 Å². The van der Waals surface area contributed by atoms with Crippen LogP contribution >= 0.6 is 0 Å². The van der Waals surface area contributed by atoms with Crippen molar-refractivity contribution in [1.82, 2.24) is 0 Å². The fourth-order valence-electron chi connectivity index (χ4n) is 2.95. The summed E-state index contributed by atoms with van der Waals surface area (Å²) < 4.78 is 0. The summed E-state index contributed by atoms with van der Waals surface area (Å²) in [6.45, 7) is 1.89. The van der Waals surface area contributed by atoms with Crippen molar-refractivity contribution in [1.29, 1.82) is 0 Å². The second kappa shape index (κ2) is 6.42. The number of carbonyl (C=O) groups excluding carboxylic acids is 2. The van der Waals surface area contributed by atoms with Crippen molar-refractivity contribution >= 4 is 23.5 Å². The van der Waals surface area contributed by atoms with Gasteiger partial charge in [0, 0.05) is 11.3 Å². The molecule has 1 aliphatic rings. The first kappa shape index (κ1) is 16.1. The quantitative estimate of drug-likeness (QED) is 0.831. The number of hydrogen-bond acceptors (Lipinski definition) is 3. The van der Waals surface area contributed by atoms with E-state index in [4.69, 9.17) is 0 Å². The van der Waals surface area contributed by atoms with Crippen LogP contribution in [0.15, 0.2) is 60.2 Å². The highest BCUT2D eigenvalue weighted by Crippen LogP contribution is 2.38. The van der Waals surface area contributed by atoms with Crippen molar-refractivity contribution in [2.24, 2.45) is 0 Å². The average molecular weight is 321 g/mol. The summed E-state index contributed by atoms with van der Waals surface area (Å²) in [5.74, 6) is -0.775. The number of hydrogen-bond donors (Lipinski definition) is 2. The van der Waals surface area contributed by atoms with E-state index in [2.05, 4.69) is 5.32 Å². The van der Waals surface area contributed by atoms with Gasteiger partial charge in [0.25, 0.3) is 5.91 Å². The topological polar surface area (TPSA) is 66.4 Å². The number of ketones is 1. The highest BCUT2D eigenvalue weighted by atomic mass is 16.3. The summed E-state index contributed by atoms with van der Waals surface area (Å²) in [7, 11) is 0. The number of allylic oxidation sites excluding steroid dienone is 1. The van der Waals surface area contributed by atoms with Gasteiger partial charge in [0.2, 0.25) is 0 Å². The lowest BCUT2D eigenvalue weighted by Crippen LogP contribution is -2.36. The van der Waals surface area contributed by atoms with Gasteiger partial charge in [-0.3, -0.25) is 9.59 Å². The fourth-order valence-corrected chi connectivity index (χ4v) is 2.95. The molecule has 0 fully saturated rings. The van der Waals surface area contributed by atoms with Gasteiger partial charge in [-0.25, -0.2) is 0 Å². The zero-order chi connectivity index (χ0) is 17.2. The Hall–Kier alpha value is -2.72. The molecule has 0 bridgehead atoms. The maximum Gasteiger partial charge on any atom is 0.261 e. The summed E-state index contributed by atoms with van der Waals surface area (Å²) in [5, 5.41) is 13.5. The van der Waals surface area contributed by atoms with Crippen LogP contribution < -0.4 is 5.32 Å². The van der Waals surface area contributed by atoms with Crippen molar-refractivity contribution in [2.75, 3.05) is 5.32 Å². The summed E-state index contributed by atoms with van der Waals surface area (Å²) in [5.41, 5.74) is 0.720. The molecule has 0 saturated heterocycles. The molecule has 0 spiro atoms. The lowest BCUT2D eigenvalue weighted by Gasteiger charge is -2.20. The average Bonchev–Trinajstić information content (AvgIpc) is 2.84. The molecule has 3 rings (SSSR count). The molecule has 122 valence electrons. The molecule has 0 aliphatic carbocycles. The maximum atomic E-state index is 12.7. The Balaban J connectivity index is 1.88. The van der Waals surface area contributed by atoms with Gasteiger partial charge in [-0.2, -0.15) is 0 Å². The molecule has 24 heavy (non-hydrogen) atoms. The molecular formula is C20H19NO3. The number of Topliss-reactive ketones (excluding diaryl/α,β-unsaturated/α-hetero) is 1. The molecule has 1 aliphatic heterocycles. The van der Waals surface area contributed by atoms with Gasteiger partial charge < -0.3 is 10.4 Å². The first-order valence-corrected chi connectivity index (χ1v) is 7.97. The highest BCUT2D eigenvalue weighted by molar-refractivity contribution is 6.10. The first-order valence-electron chi connectivity index (χ1n) is 7.97. The Bertz CT molecular complexity index is 811. The molecule has 2 N–H and O–H groups in total. The maximum absolute atomic E-state index is 12.7. The number of anilines is 1. The minimum absolute atomic E-state index is 0.226. The molecule has 0 radical (unpaired) electrons. The monoisotopic (exact) mass is 321 g/mol. The van der Waals surface area contributed by atoms with Gasteiger partial charge in [-0.05, 0) is 29.7 Å². The number of fused-ring (bicyclic) bond motifs is 1. The number of amides is 1. The molecule has 1 amide bonds. The third-order valence-electron chi connectivity index (χ3n) is 4.29. The van der Waals surface area contributed by atoms with E-state index in [0.29, 0.717) is 23.2 Å². The molecule has 2 aromatic carbocycles. The fraction of sp³-hybridized carbons (Fsp3) is 0.200. The number of nitrogens with one attached hydrogen (secondary N) is 1. The van der Waals surface area contributed by atoms with Crippen LogP contribution in [0.1, 0.15) is 30.9 Å². The van der Waals surface area contributed by atoms with Crippen molar-refractivity contribution in [3.8, 4) is 0 Å². The Morgan fingerprint density at radius 1 is 1.12 bits per heavy atom. The number of rotatable bonds is 5. The highest BCUT2D eigenvalue weighted by Gasteiger charge is 2.46. The van der Waals surface area contributed by atoms with Crippen LogP contribution in [0.25, 0.3) is 6.08 Å². The predicted octanol–water partition coefficient (Wildman–Crippen LogP) is 3.28. The van der Waals surface area contributed by atoms with E-state index >= 15 is 0 Å². The van der Waals surface area contributed by atoms with Crippen molar-refractivity contribution in [3.63, 3.8) is 0 Å². The Labute approximate surface area is 140 Å². The van der Waals surface area contributed by atoms with E-state index in [0.717, 1.165) is 5.56 Å². The largest absolute Gasteiger partial charge is 0.375 e. The molecule has 1 unspecified atom stereocenters. The van der Waals surface area contributed by atoms with Gasteiger partial charge in [0.1, 0.15) is 0 Å². The van der Waals surface area contributed by atoms with E-state index in [1.54, 1.807) is 24.3 Å². The summed E-state index contributed by atoms with van der Waals surface area (Å²) in [4.78, 5) is 24.9. The third-order valence-corrected chi connectivity index (χ3v) is 4.29. The van der Waals surface area contributed by atoms with E-state index in [9.17, 15) is 14.7 Å². The van der Waals surface area contributed by atoms with Gasteiger partial charge >= 0.3 is 0 Å². The number of para-hydroxylation sites is 1. The van der Waals surface area contributed by atoms with Gasteiger partial charge in [0.05, 0.1) is 6.42 Å². The van der Waals surface area contributed by atoms with Crippen LogP contribution in [-0.2, 0) is 15.2 Å². The number of aliphatic hydroxyl groups is 1. The molecule has 0 saturated carbocycles. The van der Waals surface area contributed by atoms with E-state index in [-0.39, 0.29) is 12.2 Å². The van der Waals surface area contributed by atoms with E-state index < -0.39 is 11.5 Å². The van der Waals surface area contributed by atoms with Crippen LogP contribution in [0.4, 0.5) is 5.69 Å². The standard InChI is InChI=1S/C20H19NO3/c1-2-15(12-14-8-4-3-5-9-14)18(22)13-20(24)16-10-6-7-11-17(16)21-19(20)23/h3-12,24H,2,13H2,1H3,(H,21,23)/b15-12+. The zero-order valence-electron chi connectivity index (χ0n) is 13.5. The minimum atomic E-state index is -1.81. The van der Waals surface area contributed by atoms with Crippen LogP contribution in [0.2, 0.25) is 0 Å². The predicted molar refractivity (Wildman–Crippen MR) is 93.3 cm³/mol. The lowest BCUT2D eigenvalue weighted by atomic mass is 9.87. The second-order valence-corrected chi connectivity index (χ2v) is 5.89. The van der Waals surface area contributed by atoms with Crippen LogP contribution in [0, 0.1) is 0 Å². The minimum Gasteiger partial charge on any atom is -0.375 e. The van der Waals surface area contributed by atoms with Crippen molar-refractivity contribution in [3.05, 3.63) is 71.3 Å². The number of carbonyl (C=O) groups is 2. The number of benzene rings is 2. The normalized spacial score (nSPS) is 19.8.